The van der Waals surface area contributed by atoms with Crippen molar-refractivity contribution < 1.29 is 14.4 Å². The van der Waals surface area contributed by atoms with Crippen LogP contribution in [0.1, 0.15) is 33.3 Å². The summed E-state index contributed by atoms with van der Waals surface area (Å²) in [5.41, 5.74) is 0.487. The first-order valence-electron chi connectivity index (χ1n) is 6.37. The molecule has 0 spiro atoms. The summed E-state index contributed by atoms with van der Waals surface area (Å²) in [4.78, 5) is 10.5. The molecule has 104 valence electrons. The average Bonchev–Trinajstić information content (AvgIpc) is 2.41. The lowest BCUT2D eigenvalue weighted by molar-refractivity contribution is -0.385. The summed E-state index contributed by atoms with van der Waals surface area (Å²) in [5, 5.41) is 10.9. The van der Waals surface area contributed by atoms with Gasteiger partial charge in [-0.3, -0.25) is 10.1 Å². The number of allylic oxidation sites excluding steroid dienone is 1. The Bertz CT molecular complexity index is 483. The monoisotopic (exact) mass is 265 g/mol. The summed E-state index contributed by atoms with van der Waals surface area (Å²) in [7, 11) is 0. The van der Waals surface area contributed by atoms with Crippen LogP contribution in [0.4, 0.5) is 5.69 Å². The van der Waals surface area contributed by atoms with E-state index in [-0.39, 0.29) is 11.8 Å². The molecule has 1 aromatic rings. The first-order valence-corrected chi connectivity index (χ1v) is 6.37. The molecule has 0 N–H and O–H groups in total. The zero-order valence-electron chi connectivity index (χ0n) is 11.7. The van der Waals surface area contributed by atoms with Crippen molar-refractivity contribution in [1.82, 2.24) is 0 Å². The average molecular weight is 265 g/mol. The predicted molar refractivity (Wildman–Crippen MR) is 74.7 cm³/mol. The molecule has 1 aromatic carbocycles. The Hall–Kier alpha value is -2.04. The molecule has 0 saturated carbocycles. The van der Waals surface area contributed by atoms with Crippen molar-refractivity contribution in [3.8, 4) is 11.5 Å². The fraction of sp³-hybridized carbons (Fsp3) is 0.429. The third kappa shape index (κ3) is 3.24. The van der Waals surface area contributed by atoms with E-state index in [1.54, 1.807) is 25.1 Å². The smallest absolute Gasteiger partial charge is 0.280 e. The van der Waals surface area contributed by atoms with Crippen LogP contribution in [0.3, 0.4) is 0 Å². The van der Waals surface area contributed by atoms with Crippen LogP contribution in [0.25, 0.3) is 6.08 Å². The van der Waals surface area contributed by atoms with Crippen LogP contribution in [0.2, 0.25) is 0 Å². The molecule has 0 bridgehead atoms. The molecule has 0 fully saturated rings. The molecule has 1 heterocycles. The normalized spacial score (nSPS) is 16.7. The fourth-order valence-electron chi connectivity index (χ4n) is 1.73. The zero-order valence-corrected chi connectivity index (χ0v) is 11.7. The van der Waals surface area contributed by atoms with E-state index in [0.717, 1.165) is 0 Å². The maximum atomic E-state index is 10.9. The molecule has 0 radical (unpaired) electrons. The maximum Gasteiger partial charge on any atom is 0.280 e. The van der Waals surface area contributed by atoms with Gasteiger partial charge in [-0.25, -0.2) is 0 Å². The second-order valence-corrected chi connectivity index (χ2v) is 3.82. The molecule has 0 saturated heterocycles. The van der Waals surface area contributed by atoms with Gasteiger partial charge in [-0.1, -0.05) is 19.9 Å². The van der Waals surface area contributed by atoms with Gasteiger partial charge in [-0.05, 0) is 26.0 Å². The van der Waals surface area contributed by atoms with E-state index >= 15 is 0 Å². The Balaban J connectivity index is 0.000000861. The summed E-state index contributed by atoms with van der Waals surface area (Å²) in [6.07, 6.45) is 3.30. The zero-order chi connectivity index (χ0) is 14.4. The van der Waals surface area contributed by atoms with Crippen molar-refractivity contribution in [3.05, 3.63) is 33.9 Å². The third-order valence-corrected chi connectivity index (χ3v) is 2.46. The van der Waals surface area contributed by atoms with E-state index < -0.39 is 4.92 Å². The minimum Gasteiger partial charge on any atom is -0.486 e. The Morgan fingerprint density at radius 2 is 2.11 bits per heavy atom. The molecular formula is C14H19NO4. The van der Waals surface area contributed by atoms with Crippen molar-refractivity contribution in [3.63, 3.8) is 0 Å². The van der Waals surface area contributed by atoms with Gasteiger partial charge in [0.1, 0.15) is 12.7 Å². The number of nitro benzene ring substituents is 1. The highest BCUT2D eigenvalue weighted by Crippen LogP contribution is 2.40. The van der Waals surface area contributed by atoms with E-state index in [2.05, 4.69) is 0 Å². The molecule has 0 amide bonds. The van der Waals surface area contributed by atoms with E-state index in [1.165, 1.54) is 6.07 Å². The molecule has 0 aliphatic carbocycles. The topological polar surface area (TPSA) is 61.6 Å². The van der Waals surface area contributed by atoms with Crippen LogP contribution in [-0.4, -0.2) is 17.6 Å². The van der Waals surface area contributed by atoms with Crippen molar-refractivity contribution >= 4 is 11.8 Å². The van der Waals surface area contributed by atoms with Gasteiger partial charge in [-0.15, -0.1) is 0 Å². The van der Waals surface area contributed by atoms with Gasteiger partial charge >= 0.3 is 0 Å². The second-order valence-electron chi connectivity index (χ2n) is 3.82. The Kier molecular flexibility index (Phi) is 5.36. The molecule has 1 aliphatic heterocycles. The van der Waals surface area contributed by atoms with Crippen LogP contribution in [0, 0.1) is 10.1 Å². The Morgan fingerprint density at radius 1 is 1.42 bits per heavy atom. The molecule has 1 unspecified atom stereocenters. The molecule has 5 heteroatoms. The molecule has 19 heavy (non-hydrogen) atoms. The number of rotatable bonds is 2. The van der Waals surface area contributed by atoms with E-state index in [4.69, 9.17) is 9.47 Å². The lowest BCUT2D eigenvalue weighted by Gasteiger charge is -2.25. The van der Waals surface area contributed by atoms with Gasteiger partial charge in [0.15, 0.2) is 11.5 Å². The van der Waals surface area contributed by atoms with Gasteiger partial charge in [0.25, 0.3) is 5.69 Å². The largest absolute Gasteiger partial charge is 0.486 e. The highest BCUT2D eigenvalue weighted by molar-refractivity contribution is 5.71. The first-order chi connectivity index (χ1) is 9.13. The number of ether oxygens (including phenoxy) is 2. The summed E-state index contributed by atoms with van der Waals surface area (Å²) in [6.45, 7) is 8.12. The van der Waals surface area contributed by atoms with Crippen molar-refractivity contribution in [2.75, 3.05) is 6.61 Å². The third-order valence-electron chi connectivity index (χ3n) is 2.46. The minimum absolute atomic E-state index is 0.0274. The minimum atomic E-state index is -0.418. The van der Waals surface area contributed by atoms with Gasteiger partial charge < -0.3 is 9.47 Å². The molecular weight excluding hydrogens is 246 g/mol. The molecule has 1 atom stereocenters. The summed E-state index contributed by atoms with van der Waals surface area (Å²) >= 11 is 0. The van der Waals surface area contributed by atoms with Gasteiger partial charge in [0.05, 0.1) is 10.5 Å². The van der Waals surface area contributed by atoms with Crippen LogP contribution in [0.15, 0.2) is 18.2 Å². The first kappa shape index (κ1) is 15.0. The Labute approximate surface area is 113 Å². The lowest BCUT2D eigenvalue weighted by Crippen LogP contribution is -2.26. The van der Waals surface area contributed by atoms with Crippen molar-refractivity contribution in [2.24, 2.45) is 0 Å². The number of hydrogen-bond acceptors (Lipinski definition) is 4. The number of benzene rings is 1. The van der Waals surface area contributed by atoms with E-state index in [1.807, 2.05) is 20.8 Å². The number of hydrogen-bond donors (Lipinski definition) is 0. The quantitative estimate of drug-likeness (QED) is 0.602. The highest BCUT2D eigenvalue weighted by Gasteiger charge is 2.25. The van der Waals surface area contributed by atoms with Crippen molar-refractivity contribution in [2.45, 2.75) is 33.8 Å². The second kappa shape index (κ2) is 6.78. The predicted octanol–water partition coefficient (Wildman–Crippen LogP) is 3.81. The van der Waals surface area contributed by atoms with Gasteiger partial charge in [0, 0.05) is 6.07 Å². The van der Waals surface area contributed by atoms with Crippen LogP contribution in [-0.2, 0) is 0 Å². The summed E-state index contributed by atoms with van der Waals surface area (Å²) < 4.78 is 11.1. The van der Waals surface area contributed by atoms with Gasteiger partial charge in [0.2, 0.25) is 0 Å². The molecule has 2 rings (SSSR count). The van der Waals surface area contributed by atoms with E-state index in [0.29, 0.717) is 23.7 Å². The van der Waals surface area contributed by atoms with E-state index in [9.17, 15) is 10.1 Å². The van der Waals surface area contributed by atoms with Crippen LogP contribution in [0.5, 0.6) is 11.5 Å². The summed E-state index contributed by atoms with van der Waals surface area (Å²) in [5.74, 6) is 1.01. The highest BCUT2D eigenvalue weighted by atomic mass is 16.6. The maximum absolute atomic E-state index is 10.9. The molecule has 5 nitrogen and oxygen atoms in total. The lowest BCUT2D eigenvalue weighted by atomic mass is 10.1. The molecule has 1 aliphatic rings. The summed E-state index contributed by atoms with van der Waals surface area (Å²) in [6, 6.07) is 3.01. The molecule has 0 aromatic heterocycles. The number of nitrogens with zero attached hydrogens (tertiary/aromatic N) is 1. The SMILES string of the molecule is C/C=C/c1c([N+](=O)[O-])ccc2c1OC(C)CO2.CC. The number of nitro groups is 1. The fourth-order valence-corrected chi connectivity index (χ4v) is 1.73. The number of fused-ring (bicyclic) bond motifs is 1. The van der Waals surface area contributed by atoms with Crippen LogP contribution < -0.4 is 9.47 Å². The van der Waals surface area contributed by atoms with Crippen molar-refractivity contribution in [1.29, 1.82) is 0 Å². The Morgan fingerprint density at radius 3 is 2.68 bits per heavy atom. The van der Waals surface area contributed by atoms with Gasteiger partial charge in [-0.2, -0.15) is 0 Å². The van der Waals surface area contributed by atoms with Crippen LogP contribution >= 0.6 is 0 Å². The standard InChI is InChI=1S/C12H13NO4.C2H6/c1-3-4-9-10(13(14)15)5-6-11-12(9)17-8(2)7-16-11;1-2/h3-6,8H,7H2,1-2H3;1-2H3/b4-3+;.